The van der Waals surface area contributed by atoms with E-state index in [9.17, 15) is 40.7 Å². The first kappa shape index (κ1) is 82.4. The van der Waals surface area contributed by atoms with Gasteiger partial charge in [-0.1, -0.05) is 100 Å². The van der Waals surface area contributed by atoms with Crippen molar-refractivity contribution in [2.75, 3.05) is 63.8 Å². The number of nitrogen functional groups attached to an aromatic ring is 2. The van der Waals surface area contributed by atoms with Crippen LogP contribution in [0.2, 0.25) is 0 Å². The van der Waals surface area contributed by atoms with Crippen molar-refractivity contribution < 1.29 is 65.3 Å². The van der Waals surface area contributed by atoms with E-state index in [0.29, 0.717) is 66.1 Å². The number of nitrogens with one attached hydrogen (secondary N) is 5. The molecular weight excluding hydrogens is 1580 g/mol. The number of carbonyl (C=O) groups is 3. The molecule has 4 fully saturated rings. The quantitative estimate of drug-likeness (QED) is 0.0345. The van der Waals surface area contributed by atoms with Gasteiger partial charge in [0.1, 0.15) is 40.3 Å². The molecule has 3 aromatic heterocycles. The Morgan fingerprint density at radius 2 is 0.942 bits per heavy atom. The summed E-state index contributed by atoms with van der Waals surface area (Å²) in [5.41, 5.74) is 18.5. The van der Waals surface area contributed by atoms with E-state index >= 15 is 0 Å². The maximum absolute atomic E-state index is 14.6. The number of halogens is 5. The smallest absolute Gasteiger partial charge is 0.491 e. The number of aromatic amines is 3. The summed E-state index contributed by atoms with van der Waals surface area (Å²) in [6, 6.07) is 31.0. The largest absolute Gasteiger partial charge is 0.772 e. The maximum atomic E-state index is 14.6. The molecule has 6 aromatic carbocycles. The van der Waals surface area contributed by atoms with Crippen LogP contribution in [0.1, 0.15) is 139 Å². The van der Waals surface area contributed by atoms with Gasteiger partial charge >= 0.3 is 25.3 Å². The van der Waals surface area contributed by atoms with E-state index in [1.807, 2.05) is 90.1 Å². The number of carboxylic acids is 1. The minimum atomic E-state index is -2.28. The number of ether oxygens (including phenoxy) is 2. The molecule has 7 heterocycles. The number of carbonyl (C=O) groups excluding carboxylic acids is 2. The third-order valence-corrected chi connectivity index (χ3v) is 19.8. The highest BCUT2D eigenvalue weighted by Gasteiger charge is 2.31. The van der Waals surface area contributed by atoms with Crippen LogP contribution in [0.5, 0.6) is 0 Å². The first-order valence-corrected chi connectivity index (χ1v) is 38.9. The number of hydrogen-bond donors (Lipinski definition) is 10. The normalized spacial score (nSPS) is 16.0. The zero-order valence-electron chi connectivity index (χ0n) is 58.6. The molecule has 104 heavy (non-hydrogen) atoms. The van der Waals surface area contributed by atoms with Crippen molar-refractivity contribution in [3.8, 4) is 11.1 Å². The Labute approximate surface area is 633 Å². The Kier molecular flexibility index (Phi) is 30.4. The topological polar surface area (TPSA) is 379 Å². The number of aliphatic carboxylic acids is 1. The van der Waals surface area contributed by atoms with Gasteiger partial charge in [0, 0.05) is 79.9 Å². The fourth-order valence-electron chi connectivity index (χ4n) is 11.8. The van der Waals surface area contributed by atoms with Crippen molar-refractivity contribution in [3.63, 3.8) is 0 Å². The predicted octanol–water partition coefficient (Wildman–Crippen LogP) is 12.7. The number of imidazole rings is 3. The number of fused-ring (bicyclic) bond motifs is 3. The first-order chi connectivity index (χ1) is 49.2. The Morgan fingerprint density at radius 1 is 0.548 bits per heavy atom. The van der Waals surface area contributed by atoms with Crippen LogP contribution >= 0.6 is 47.8 Å². The summed E-state index contributed by atoms with van der Waals surface area (Å²) in [4.78, 5) is 62.6. The summed E-state index contributed by atoms with van der Waals surface area (Å²) in [5, 5.41) is 32.3. The third kappa shape index (κ3) is 25.5. The van der Waals surface area contributed by atoms with E-state index in [4.69, 9.17) is 46.1 Å². The predicted molar refractivity (Wildman–Crippen MR) is 411 cm³/mol. The number of nitrogens with two attached hydrogens (primary N) is 2. The molecule has 4 aliphatic heterocycles. The third-order valence-electron chi connectivity index (χ3n) is 17.2. The van der Waals surface area contributed by atoms with Gasteiger partial charge in [-0.05, 0) is 215 Å². The summed E-state index contributed by atoms with van der Waals surface area (Å²) in [6.45, 7) is 17.8. The monoisotopic (exact) mass is 1660 g/mol. The highest BCUT2D eigenvalue weighted by atomic mass is 79.9. The van der Waals surface area contributed by atoms with Gasteiger partial charge in [0.25, 0.3) is 0 Å². The first-order valence-electron chi connectivity index (χ1n) is 34.0. The van der Waals surface area contributed by atoms with Crippen LogP contribution in [0.4, 0.5) is 29.7 Å². The van der Waals surface area contributed by atoms with Gasteiger partial charge in [-0.15, -0.1) is 0 Å². The van der Waals surface area contributed by atoms with Crippen LogP contribution in [0.15, 0.2) is 123 Å². The highest BCUT2D eigenvalue weighted by molar-refractivity contribution is 9.11. The van der Waals surface area contributed by atoms with Gasteiger partial charge in [0.05, 0.1) is 50.4 Å². The van der Waals surface area contributed by atoms with Gasteiger partial charge < -0.3 is 80.6 Å². The number of hydrogen-bond acceptors (Lipinski definition) is 18. The molecule has 0 aliphatic carbocycles. The molecule has 2 atom stereocenters. The Balaban J connectivity index is 0.000000168. The molecule has 32 heteroatoms. The molecule has 2 amide bonds. The van der Waals surface area contributed by atoms with Crippen molar-refractivity contribution in [1.29, 1.82) is 0 Å². The number of anilines is 2. The SMILES string of the molecule is Brc1ccc2nc(C3CCNCC3)[nH]c2c1.CC(C)(C)OC(=O)N1CCC(c2nc3ccc(-c4ccc(CS(=O)[O-])cc4F)cc3[nH]2)CC1.CC(C)(C)OC(=O)N1CCC(c2nc3ccc(Br)cc3[nH]2)CC1.Nc1ccc(Br)cc1N.O=C(O)C1CCNCC1.O=S([O-])Cc1ccc(B(O)O)c(F)c1. The number of likely N-dealkylation sites (tertiary alicyclic amines) is 2. The zero-order valence-corrected chi connectivity index (χ0v) is 65.0. The van der Waals surface area contributed by atoms with Crippen LogP contribution in [-0.4, -0.2) is 161 Å². The molecule has 9 aromatic rings. The highest BCUT2D eigenvalue weighted by Crippen LogP contribution is 2.34. The molecule has 0 bridgehead atoms. The van der Waals surface area contributed by atoms with Crippen LogP contribution in [0, 0.1) is 17.6 Å². The molecule has 24 nitrogen and oxygen atoms in total. The molecule has 0 saturated carbocycles. The van der Waals surface area contributed by atoms with Crippen molar-refractivity contribution in [2.45, 2.75) is 133 Å². The Bertz CT molecular complexity index is 4420. The lowest BCUT2D eigenvalue weighted by molar-refractivity contribution is -0.142. The van der Waals surface area contributed by atoms with E-state index in [-0.39, 0.29) is 46.6 Å². The van der Waals surface area contributed by atoms with Crippen molar-refractivity contribution >= 4 is 145 Å². The summed E-state index contributed by atoms with van der Waals surface area (Å²) in [7, 11) is -1.89. The van der Waals surface area contributed by atoms with Crippen LogP contribution in [0.3, 0.4) is 0 Å². The van der Waals surface area contributed by atoms with Crippen molar-refractivity contribution in [2.24, 2.45) is 5.92 Å². The van der Waals surface area contributed by atoms with Crippen LogP contribution < -0.4 is 27.6 Å². The van der Waals surface area contributed by atoms with Gasteiger partial charge in [-0.25, -0.2) is 33.3 Å². The number of piperidine rings is 4. The molecule has 560 valence electrons. The lowest BCUT2D eigenvalue weighted by Crippen LogP contribution is -2.41. The Hall–Kier alpha value is -7.24. The fraction of sp³-hybridized carbons (Fsp3) is 0.417. The lowest BCUT2D eigenvalue weighted by Gasteiger charge is -2.32. The molecule has 0 radical (unpaired) electrons. The average Bonchev–Trinajstić information content (AvgIpc) is 1.62. The van der Waals surface area contributed by atoms with Crippen molar-refractivity contribution in [3.05, 3.63) is 163 Å². The van der Waals surface area contributed by atoms with E-state index in [2.05, 4.69) is 90.5 Å². The number of H-pyrrole nitrogens is 3. The molecular formula is C72H88BBr3F2N12O12S2-2. The van der Waals surface area contributed by atoms with Crippen LogP contribution in [0.25, 0.3) is 44.2 Å². The van der Waals surface area contributed by atoms with E-state index < -0.39 is 58.1 Å². The number of amides is 2. The molecule has 12 N–H and O–H groups in total. The molecule has 0 spiro atoms. The standard InChI is InChI=1S/C24H28FN3O4S.C17H22BrN3O2.C12H14BrN3.C7H8BFO4S.C6H7BrN2.C6H11NO2/c1-24(2,3)32-23(29)28-10-8-16(9-11-28)22-26-20-7-5-17(13-21(20)27-22)18-6-4-15(12-19(18)25)14-33(30)31;1-17(2,3)23-16(22)21-8-6-11(7-9-21)15-19-13-5-4-12(18)10-14(13)20-15;13-9-1-2-10-11(7-9)16-12(15-10)8-3-5-14-6-4-8;9-7-3-5(4-14(12)13)1-2-6(7)8(10)11;7-4-1-2-5(8)6(9)3-4;8-6(9)5-1-3-7-4-2-5/h4-7,12-13,16H,8-11,14H2,1-3H3,(H,26,27)(H,30,31);4-5,10-11H,6-9H2,1-3H3,(H,19,20);1-2,7-8,14H,3-6H2,(H,15,16);1-3,10-11H,4H2,(H,12,13);1-3H,8-9H2;5,7H,1-4H2,(H,8,9)/p-2. The van der Waals surface area contributed by atoms with Crippen LogP contribution in [-0.2, 0) is 47.9 Å². The van der Waals surface area contributed by atoms with Gasteiger partial charge in [-0.2, -0.15) is 0 Å². The van der Waals surface area contributed by atoms with Gasteiger partial charge in [0.15, 0.2) is 0 Å². The summed E-state index contributed by atoms with van der Waals surface area (Å²) in [5.74, 6) is 1.63. The maximum Gasteiger partial charge on any atom is 0.491 e. The second kappa shape index (κ2) is 38.3. The number of rotatable bonds is 10. The minimum absolute atomic E-state index is 0.0914. The van der Waals surface area contributed by atoms with E-state index in [1.165, 1.54) is 25.0 Å². The molecule has 13 rings (SSSR count). The second-order valence-corrected chi connectivity index (χ2v) is 32.0. The van der Waals surface area contributed by atoms with Gasteiger partial charge in [-0.3, -0.25) is 13.2 Å². The summed E-state index contributed by atoms with van der Waals surface area (Å²) in [6.07, 6.45) is 6.80. The van der Waals surface area contributed by atoms with E-state index in [0.717, 1.165) is 141 Å². The second-order valence-electron chi connectivity index (χ2n) is 27.5. The number of benzene rings is 6. The minimum Gasteiger partial charge on any atom is -0.772 e. The van der Waals surface area contributed by atoms with Crippen molar-refractivity contribution in [1.82, 2.24) is 50.3 Å². The average molecular weight is 1670 g/mol. The van der Waals surface area contributed by atoms with E-state index in [1.54, 1.807) is 34.1 Å². The van der Waals surface area contributed by atoms with Gasteiger partial charge in [0.2, 0.25) is 0 Å². The fourth-order valence-corrected chi connectivity index (χ4v) is 13.8. The summed E-state index contributed by atoms with van der Waals surface area (Å²) < 4.78 is 83.9. The molecule has 2 unspecified atom stereocenters. The number of nitrogens with zero attached hydrogens (tertiary/aromatic N) is 5. The Morgan fingerprint density at radius 3 is 1.33 bits per heavy atom. The lowest BCUT2D eigenvalue weighted by atomic mass is 9.79. The zero-order chi connectivity index (χ0) is 75.6. The number of aromatic nitrogens is 6. The number of carboxylic acid groups (broad SMARTS) is 1. The summed E-state index contributed by atoms with van der Waals surface area (Å²) >= 11 is 5.67. The molecule has 4 saturated heterocycles. The molecule has 4 aliphatic rings.